The van der Waals surface area contributed by atoms with Crippen molar-refractivity contribution in [3.8, 4) is 0 Å². The van der Waals surface area contributed by atoms with Gasteiger partial charge in [-0.2, -0.15) is 13.2 Å². The van der Waals surface area contributed by atoms with Crippen LogP contribution in [-0.4, -0.2) is 36.0 Å². The fraction of sp³-hybridized carbons (Fsp3) is 0.600. The van der Waals surface area contributed by atoms with Gasteiger partial charge in [-0.3, -0.25) is 9.59 Å². The molecule has 0 spiro atoms. The van der Waals surface area contributed by atoms with E-state index in [0.717, 1.165) is 5.56 Å². The van der Waals surface area contributed by atoms with Crippen molar-refractivity contribution in [1.82, 2.24) is 10.2 Å². The number of carbonyl (C=O) groups is 2. The molecule has 0 saturated heterocycles. The first-order valence-corrected chi connectivity index (χ1v) is 9.31. The van der Waals surface area contributed by atoms with Gasteiger partial charge in [-0.15, -0.1) is 0 Å². The van der Waals surface area contributed by atoms with Gasteiger partial charge in [0.1, 0.15) is 0 Å². The summed E-state index contributed by atoms with van der Waals surface area (Å²) in [6.07, 6.45) is -2.90. The van der Waals surface area contributed by atoms with Gasteiger partial charge in [-0.05, 0) is 44.4 Å². The second-order valence-electron chi connectivity index (χ2n) is 7.46. The predicted molar refractivity (Wildman–Crippen MR) is 97.0 cm³/mol. The molecule has 0 aromatic heterocycles. The molecule has 1 aromatic rings. The van der Waals surface area contributed by atoms with Gasteiger partial charge in [-0.1, -0.05) is 25.0 Å². The van der Waals surface area contributed by atoms with Crippen molar-refractivity contribution in [2.75, 3.05) is 7.05 Å². The summed E-state index contributed by atoms with van der Waals surface area (Å²) in [6, 6.07) is 6.84. The molecule has 0 aliphatic heterocycles. The first-order chi connectivity index (χ1) is 12.6. The van der Waals surface area contributed by atoms with Crippen LogP contribution >= 0.6 is 0 Å². The monoisotopic (exact) mass is 384 g/mol. The van der Waals surface area contributed by atoms with E-state index in [9.17, 15) is 22.8 Å². The number of hydrogen-bond donors (Lipinski definition) is 1. The minimum Gasteiger partial charge on any atom is -0.352 e. The topological polar surface area (TPSA) is 49.4 Å². The fourth-order valence-electron chi connectivity index (χ4n) is 3.36. The largest absolute Gasteiger partial charge is 0.392 e. The molecule has 1 aliphatic rings. The van der Waals surface area contributed by atoms with Crippen LogP contribution < -0.4 is 5.32 Å². The average Bonchev–Trinajstić information content (AvgIpc) is 2.64. The standard InChI is InChI=1S/C20H27F3N2O2/c1-13(2)25(3)19(27)15-10-8-14(9-11-15)12-24-18(26)16-6-4-5-7-17(16)20(21,22)23/h8-11,13,16-17H,4-7,12H2,1-3H3,(H,24,26)/t16-,17+/m0/s1. The number of nitrogens with zero attached hydrogens (tertiary/aromatic N) is 1. The van der Waals surface area contributed by atoms with Crippen molar-refractivity contribution in [3.63, 3.8) is 0 Å². The second kappa shape index (κ2) is 8.76. The van der Waals surface area contributed by atoms with Gasteiger partial charge in [0.05, 0.1) is 5.92 Å². The van der Waals surface area contributed by atoms with Crippen LogP contribution in [0.1, 0.15) is 55.5 Å². The van der Waals surface area contributed by atoms with Gasteiger partial charge < -0.3 is 10.2 Å². The normalized spacial score (nSPS) is 20.4. The lowest BCUT2D eigenvalue weighted by Crippen LogP contribution is -2.42. The molecular weight excluding hydrogens is 357 g/mol. The molecule has 2 rings (SSSR count). The molecule has 27 heavy (non-hydrogen) atoms. The Hall–Kier alpha value is -2.05. The zero-order chi connectivity index (χ0) is 20.2. The quantitative estimate of drug-likeness (QED) is 0.829. The number of nitrogens with one attached hydrogen (secondary N) is 1. The summed E-state index contributed by atoms with van der Waals surface area (Å²) in [5, 5.41) is 2.63. The first-order valence-electron chi connectivity index (χ1n) is 9.31. The van der Waals surface area contributed by atoms with E-state index < -0.39 is 23.9 Å². The van der Waals surface area contributed by atoms with Gasteiger partial charge in [-0.25, -0.2) is 0 Å². The van der Waals surface area contributed by atoms with Gasteiger partial charge in [0.15, 0.2) is 0 Å². The molecule has 0 radical (unpaired) electrons. The van der Waals surface area contributed by atoms with E-state index in [1.165, 1.54) is 0 Å². The maximum Gasteiger partial charge on any atom is 0.392 e. The molecule has 0 heterocycles. The molecule has 1 fully saturated rings. The van der Waals surface area contributed by atoms with Crippen molar-refractivity contribution >= 4 is 11.8 Å². The van der Waals surface area contributed by atoms with Crippen LogP contribution in [0, 0.1) is 11.8 Å². The maximum atomic E-state index is 13.1. The van der Waals surface area contributed by atoms with Gasteiger partial charge in [0.25, 0.3) is 5.91 Å². The Morgan fingerprint density at radius 3 is 2.30 bits per heavy atom. The summed E-state index contributed by atoms with van der Waals surface area (Å²) in [5.74, 6) is -3.22. The van der Waals surface area contributed by atoms with Crippen molar-refractivity contribution in [3.05, 3.63) is 35.4 Å². The molecule has 1 aromatic carbocycles. The van der Waals surface area contributed by atoms with Crippen LogP contribution in [0.2, 0.25) is 0 Å². The Bertz CT molecular complexity index is 656. The fourth-order valence-corrected chi connectivity index (χ4v) is 3.36. The number of carbonyl (C=O) groups excluding carboxylic acids is 2. The maximum absolute atomic E-state index is 13.1. The summed E-state index contributed by atoms with van der Waals surface area (Å²) in [5.41, 5.74) is 1.28. The highest BCUT2D eigenvalue weighted by atomic mass is 19.4. The molecule has 1 saturated carbocycles. The third-order valence-electron chi connectivity index (χ3n) is 5.29. The van der Waals surface area contributed by atoms with Crippen LogP contribution in [0.4, 0.5) is 13.2 Å². The van der Waals surface area contributed by atoms with E-state index in [0.29, 0.717) is 18.4 Å². The molecule has 150 valence electrons. The van der Waals surface area contributed by atoms with Gasteiger partial charge in [0, 0.05) is 31.1 Å². The molecule has 4 nitrogen and oxygen atoms in total. The van der Waals surface area contributed by atoms with Crippen molar-refractivity contribution in [2.24, 2.45) is 11.8 Å². The van der Waals surface area contributed by atoms with Crippen molar-refractivity contribution < 1.29 is 22.8 Å². The molecule has 0 unspecified atom stereocenters. The van der Waals surface area contributed by atoms with E-state index in [2.05, 4.69) is 5.32 Å². The summed E-state index contributed by atoms with van der Waals surface area (Å²) in [7, 11) is 1.72. The number of hydrogen-bond acceptors (Lipinski definition) is 2. The summed E-state index contributed by atoms with van der Waals surface area (Å²) in [6.45, 7) is 3.98. The summed E-state index contributed by atoms with van der Waals surface area (Å²) < 4.78 is 39.4. The SMILES string of the molecule is CC(C)N(C)C(=O)c1ccc(CNC(=O)[C@H]2CCCC[C@H]2C(F)(F)F)cc1. The lowest BCUT2D eigenvalue weighted by Gasteiger charge is -2.32. The Morgan fingerprint density at radius 2 is 1.74 bits per heavy atom. The highest BCUT2D eigenvalue weighted by Gasteiger charge is 2.47. The van der Waals surface area contributed by atoms with Crippen LogP contribution in [0.5, 0.6) is 0 Å². The zero-order valence-electron chi connectivity index (χ0n) is 16.0. The number of halogens is 3. The first kappa shape index (κ1) is 21.3. The van der Waals surface area contributed by atoms with Crippen LogP contribution in [0.25, 0.3) is 0 Å². The lowest BCUT2D eigenvalue weighted by molar-refractivity contribution is -0.198. The van der Waals surface area contributed by atoms with Crippen LogP contribution in [0.3, 0.4) is 0 Å². The summed E-state index contributed by atoms with van der Waals surface area (Å²) in [4.78, 5) is 26.2. The molecule has 2 amide bonds. The number of rotatable bonds is 5. The third-order valence-corrected chi connectivity index (χ3v) is 5.29. The number of benzene rings is 1. The molecule has 1 aliphatic carbocycles. The van der Waals surface area contributed by atoms with Gasteiger partial charge >= 0.3 is 6.18 Å². The van der Waals surface area contributed by atoms with Crippen molar-refractivity contribution in [1.29, 1.82) is 0 Å². The highest BCUT2D eigenvalue weighted by Crippen LogP contribution is 2.41. The smallest absolute Gasteiger partial charge is 0.352 e. The Balaban J connectivity index is 1.96. The van der Waals surface area contributed by atoms with Gasteiger partial charge in [0.2, 0.25) is 5.91 Å². The molecule has 1 N–H and O–H groups in total. The van der Waals surface area contributed by atoms with E-state index in [4.69, 9.17) is 0 Å². The van der Waals surface area contributed by atoms with E-state index in [1.807, 2.05) is 13.8 Å². The van der Waals surface area contributed by atoms with E-state index in [-0.39, 0.29) is 31.3 Å². The summed E-state index contributed by atoms with van der Waals surface area (Å²) >= 11 is 0. The van der Waals surface area contributed by atoms with E-state index in [1.54, 1.807) is 36.2 Å². The van der Waals surface area contributed by atoms with Crippen molar-refractivity contribution in [2.45, 2.75) is 58.3 Å². The highest BCUT2D eigenvalue weighted by molar-refractivity contribution is 5.94. The van der Waals surface area contributed by atoms with Crippen LogP contribution in [0.15, 0.2) is 24.3 Å². The minimum absolute atomic E-state index is 0.0156. The Labute approximate surface area is 158 Å². The van der Waals surface area contributed by atoms with E-state index >= 15 is 0 Å². The Kier molecular flexibility index (Phi) is 6.89. The lowest BCUT2D eigenvalue weighted by atomic mass is 9.78. The second-order valence-corrected chi connectivity index (χ2v) is 7.46. The molecule has 7 heteroatoms. The van der Waals surface area contributed by atoms with Crippen LogP contribution in [-0.2, 0) is 11.3 Å². The Morgan fingerprint density at radius 1 is 1.15 bits per heavy atom. The zero-order valence-corrected chi connectivity index (χ0v) is 16.0. The minimum atomic E-state index is -4.34. The third kappa shape index (κ3) is 5.47. The predicted octanol–water partition coefficient (Wildman–Crippen LogP) is 4.15. The molecule has 0 bridgehead atoms. The molecular formula is C20H27F3N2O2. The molecule has 2 atom stereocenters. The number of alkyl halides is 3. The average molecular weight is 384 g/mol. The number of amides is 2.